The fourth-order valence-electron chi connectivity index (χ4n) is 2.13. The summed E-state index contributed by atoms with van der Waals surface area (Å²) in [5.41, 5.74) is 1.44. The van der Waals surface area contributed by atoms with Crippen molar-refractivity contribution in [3.63, 3.8) is 0 Å². The molecular formula is C18H15FN2O3. The summed E-state index contributed by atoms with van der Waals surface area (Å²) in [6, 6.07) is 12.7. The number of hydrogen-bond acceptors (Lipinski definition) is 4. The number of halogens is 1. The van der Waals surface area contributed by atoms with Gasteiger partial charge in [-0.15, -0.1) is 0 Å². The number of ether oxygens (including phenoxy) is 1. The summed E-state index contributed by atoms with van der Waals surface area (Å²) in [4.78, 5) is 24.2. The van der Waals surface area contributed by atoms with Crippen molar-refractivity contribution in [3.05, 3.63) is 71.0 Å². The quantitative estimate of drug-likeness (QED) is 0.855. The fraction of sp³-hybridized carbons (Fsp3) is 0.167. The van der Waals surface area contributed by atoms with E-state index in [0.29, 0.717) is 16.7 Å². The Morgan fingerprint density at radius 2 is 1.79 bits per heavy atom. The zero-order valence-electron chi connectivity index (χ0n) is 13.0. The van der Waals surface area contributed by atoms with E-state index in [9.17, 15) is 14.0 Å². The molecule has 6 heteroatoms. The molecule has 0 saturated heterocycles. The van der Waals surface area contributed by atoms with Crippen LogP contribution in [0.25, 0.3) is 0 Å². The molecule has 2 aromatic rings. The standard InChI is InChI=1S/C18H15FN2O3/c1-24-18(23)16(10-12-4-8-15(19)9-5-12)21-17(22)14-6-2-13(11-20)3-7-14/h2-9,16H,10H2,1H3,(H,21,22)/t16-/m1/s1. The SMILES string of the molecule is COC(=O)[C@@H](Cc1ccc(F)cc1)NC(=O)c1ccc(C#N)cc1. The normalized spacial score (nSPS) is 11.2. The van der Waals surface area contributed by atoms with Crippen LogP contribution >= 0.6 is 0 Å². The molecular weight excluding hydrogens is 311 g/mol. The largest absolute Gasteiger partial charge is 0.467 e. The minimum atomic E-state index is -0.899. The Hall–Kier alpha value is -3.20. The van der Waals surface area contributed by atoms with E-state index in [-0.39, 0.29) is 12.2 Å². The van der Waals surface area contributed by atoms with Gasteiger partial charge in [-0.1, -0.05) is 12.1 Å². The number of carbonyl (C=O) groups is 2. The molecule has 122 valence electrons. The van der Waals surface area contributed by atoms with Crippen molar-refractivity contribution in [2.24, 2.45) is 0 Å². The van der Waals surface area contributed by atoms with E-state index >= 15 is 0 Å². The van der Waals surface area contributed by atoms with Crippen LogP contribution in [0.1, 0.15) is 21.5 Å². The molecule has 5 nitrogen and oxygen atoms in total. The first-order chi connectivity index (χ1) is 11.5. The van der Waals surface area contributed by atoms with Gasteiger partial charge in [0.25, 0.3) is 5.91 Å². The molecule has 24 heavy (non-hydrogen) atoms. The minimum Gasteiger partial charge on any atom is -0.467 e. The van der Waals surface area contributed by atoms with Gasteiger partial charge in [0.15, 0.2) is 0 Å². The number of carbonyl (C=O) groups excluding carboxylic acids is 2. The van der Waals surface area contributed by atoms with Crippen LogP contribution in [-0.4, -0.2) is 25.0 Å². The first-order valence-electron chi connectivity index (χ1n) is 7.17. The Labute approximate surface area is 138 Å². The van der Waals surface area contributed by atoms with Crippen molar-refractivity contribution >= 4 is 11.9 Å². The van der Waals surface area contributed by atoms with Gasteiger partial charge in [0.2, 0.25) is 0 Å². The second-order valence-corrected chi connectivity index (χ2v) is 5.07. The molecule has 0 unspecified atom stereocenters. The molecule has 0 saturated carbocycles. The second-order valence-electron chi connectivity index (χ2n) is 5.07. The van der Waals surface area contributed by atoms with E-state index < -0.39 is 17.9 Å². The molecule has 0 aliphatic heterocycles. The molecule has 1 amide bonds. The summed E-state index contributed by atoms with van der Waals surface area (Å²) in [5, 5.41) is 11.4. The highest BCUT2D eigenvalue weighted by molar-refractivity contribution is 5.96. The van der Waals surface area contributed by atoms with Crippen LogP contribution in [0.4, 0.5) is 4.39 Å². The molecule has 0 spiro atoms. The maximum atomic E-state index is 13.0. The first kappa shape index (κ1) is 17.2. The monoisotopic (exact) mass is 326 g/mol. The predicted octanol–water partition coefficient (Wildman–Crippen LogP) is 2.21. The van der Waals surface area contributed by atoms with Gasteiger partial charge in [-0.2, -0.15) is 5.26 Å². The third-order valence-corrected chi connectivity index (χ3v) is 3.42. The average molecular weight is 326 g/mol. The molecule has 0 bridgehead atoms. The molecule has 2 rings (SSSR count). The van der Waals surface area contributed by atoms with Gasteiger partial charge in [-0.25, -0.2) is 9.18 Å². The molecule has 1 atom stereocenters. The van der Waals surface area contributed by atoms with Gasteiger partial charge in [0.05, 0.1) is 18.7 Å². The van der Waals surface area contributed by atoms with Crippen molar-refractivity contribution in [3.8, 4) is 6.07 Å². The third-order valence-electron chi connectivity index (χ3n) is 3.42. The molecule has 1 N–H and O–H groups in total. The van der Waals surface area contributed by atoms with E-state index in [2.05, 4.69) is 5.32 Å². The Kier molecular flexibility index (Phi) is 5.63. The summed E-state index contributed by atoms with van der Waals surface area (Å²) in [7, 11) is 1.23. The van der Waals surface area contributed by atoms with Crippen LogP contribution < -0.4 is 5.32 Å². The average Bonchev–Trinajstić information content (AvgIpc) is 2.62. The lowest BCUT2D eigenvalue weighted by molar-refractivity contribution is -0.142. The van der Waals surface area contributed by atoms with Gasteiger partial charge in [-0.05, 0) is 42.0 Å². The minimum absolute atomic E-state index is 0.176. The summed E-state index contributed by atoms with van der Waals surface area (Å²) in [6.07, 6.45) is 0.176. The lowest BCUT2D eigenvalue weighted by Crippen LogP contribution is -2.43. The maximum Gasteiger partial charge on any atom is 0.328 e. The van der Waals surface area contributed by atoms with Crippen molar-refractivity contribution in [1.29, 1.82) is 5.26 Å². The number of benzene rings is 2. The number of rotatable bonds is 5. The molecule has 0 fully saturated rings. The molecule has 0 heterocycles. The van der Waals surface area contributed by atoms with Crippen molar-refractivity contribution in [1.82, 2.24) is 5.32 Å². The zero-order valence-corrected chi connectivity index (χ0v) is 13.0. The summed E-state index contributed by atoms with van der Waals surface area (Å²) in [6.45, 7) is 0. The number of methoxy groups -OCH3 is 1. The lowest BCUT2D eigenvalue weighted by atomic mass is 10.0. The van der Waals surface area contributed by atoms with E-state index in [0.717, 1.165) is 0 Å². The molecule has 2 aromatic carbocycles. The Morgan fingerprint density at radius 1 is 1.17 bits per heavy atom. The van der Waals surface area contributed by atoms with E-state index in [1.54, 1.807) is 12.1 Å². The Bertz CT molecular complexity index is 764. The number of hydrogen-bond donors (Lipinski definition) is 1. The highest BCUT2D eigenvalue weighted by Gasteiger charge is 2.22. The Morgan fingerprint density at radius 3 is 2.33 bits per heavy atom. The summed E-state index contributed by atoms with van der Waals surface area (Å²) >= 11 is 0. The van der Waals surface area contributed by atoms with Crippen molar-refractivity contribution < 1.29 is 18.7 Å². The van der Waals surface area contributed by atoms with Gasteiger partial charge in [0.1, 0.15) is 11.9 Å². The molecule has 0 aromatic heterocycles. The van der Waals surface area contributed by atoms with Gasteiger partial charge < -0.3 is 10.1 Å². The van der Waals surface area contributed by atoms with Gasteiger partial charge >= 0.3 is 5.97 Å². The fourth-order valence-corrected chi connectivity index (χ4v) is 2.13. The van der Waals surface area contributed by atoms with Crippen LogP contribution in [0.3, 0.4) is 0 Å². The molecule has 0 radical (unpaired) electrons. The first-order valence-corrected chi connectivity index (χ1v) is 7.17. The van der Waals surface area contributed by atoms with Crippen LogP contribution in [-0.2, 0) is 16.0 Å². The van der Waals surface area contributed by atoms with Gasteiger partial charge in [-0.3, -0.25) is 4.79 Å². The maximum absolute atomic E-state index is 13.0. The van der Waals surface area contributed by atoms with Crippen LogP contribution in [0.5, 0.6) is 0 Å². The van der Waals surface area contributed by atoms with Crippen LogP contribution in [0.15, 0.2) is 48.5 Å². The Balaban J connectivity index is 2.12. The van der Waals surface area contributed by atoms with E-state index in [1.807, 2.05) is 6.07 Å². The van der Waals surface area contributed by atoms with Crippen molar-refractivity contribution in [2.45, 2.75) is 12.5 Å². The number of nitrogens with one attached hydrogen (secondary N) is 1. The van der Waals surface area contributed by atoms with E-state index in [1.165, 1.54) is 43.5 Å². The molecule has 0 aliphatic carbocycles. The topological polar surface area (TPSA) is 79.2 Å². The summed E-state index contributed by atoms with van der Waals surface area (Å²) in [5.74, 6) is -1.44. The van der Waals surface area contributed by atoms with Crippen molar-refractivity contribution in [2.75, 3.05) is 7.11 Å². The number of esters is 1. The molecule has 0 aliphatic rings. The summed E-state index contributed by atoms with van der Waals surface area (Å²) < 4.78 is 17.7. The van der Waals surface area contributed by atoms with Crippen LogP contribution in [0, 0.1) is 17.1 Å². The van der Waals surface area contributed by atoms with E-state index in [4.69, 9.17) is 10.00 Å². The smallest absolute Gasteiger partial charge is 0.328 e. The number of nitrogens with zero attached hydrogens (tertiary/aromatic N) is 1. The predicted molar refractivity (Wildman–Crippen MR) is 84.5 cm³/mol. The highest BCUT2D eigenvalue weighted by Crippen LogP contribution is 2.09. The number of amides is 1. The second kappa shape index (κ2) is 7.88. The highest BCUT2D eigenvalue weighted by atomic mass is 19.1. The lowest BCUT2D eigenvalue weighted by Gasteiger charge is -2.16. The number of nitriles is 1. The van der Waals surface area contributed by atoms with Crippen LogP contribution in [0.2, 0.25) is 0 Å². The third kappa shape index (κ3) is 4.40. The zero-order chi connectivity index (χ0) is 17.5. The van der Waals surface area contributed by atoms with Gasteiger partial charge in [0, 0.05) is 12.0 Å².